The molecule has 3 aromatic heterocycles. The van der Waals surface area contributed by atoms with Gasteiger partial charge in [0.05, 0.1) is 5.52 Å². The Hall–Kier alpha value is -2.43. The van der Waals surface area contributed by atoms with Crippen LogP contribution in [0.2, 0.25) is 0 Å². The predicted molar refractivity (Wildman–Crippen MR) is 71.4 cm³/mol. The first kappa shape index (κ1) is 10.7. The van der Waals surface area contributed by atoms with Crippen molar-refractivity contribution in [2.24, 2.45) is 0 Å². The maximum absolute atomic E-state index is 4.48. The van der Waals surface area contributed by atoms with Gasteiger partial charge in [0.2, 0.25) is 0 Å². The molecule has 0 aromatic carbocycles. The molecule has 0 unspecified atom stereocenters. The standard InChI is InChI=1S/C13H13N5/c1-18(2)11-7-6-10-13(16-11)17-12(15-10)9-5-3-4-8-14-9/h3-8H,1-2H3,(H,15,16,17). The van der Waals surface area contributed by atoms with Gasteiger partial charge in [0.1, 0.15) is 11.5 Å². The summed E-state index contributed by atoms with van der Waals surface area (Å²) in [6.45, 7) is 0. The lowest BCUT2D eigenvalue weighted by Gasteiger charge is -2.09. The van der Waals surface area contributed by atoms with E-state index in [-0.39, 0.29) is 0 Å². The van der Waals surface area contributed by atoms with Crippen LogP contribution in [-0.2, 0) is 0 Å². The van der Waals surface area contributed by atoms with E-state index in [0.717, 1.165) is 22.9 Å². The highest BCUT2D eigenvalue weighted by molar-refractivity contribution is 5.76. The van der Waals surface area contributed by atoms with E-state index < -0.39 is 0 Å². The average Bonchev–Trinajstić information content (AvgIpc) is 2.82. The number of imidazole rings is 1. The SMILES string of the molecule is CN(C)c1ccc2[nH]c(-c3ccccn3)nc2n1. The summed E-state index contributed by atoms with van der Waals surface area (Å²) in [5, 5.41) is 0. The number of fused-ring (bicyclic) bond motifs is 1. The van der Waals surface area contributed by atoms with Crippen LogP contribution in [0, 0.1) is 0 Å². The molecule has 18 heavy (non-hydrogen) atoms. The van der Waals surface area contributed by atoms with Crippen LogP contribution in [0.4, 0.5) is 5.82 Å². The van der Waals surface area contributed by atoms with Gasteiger partial charge in [-0.15, -0.1) is 0 Å². The molecule has 1 N–H and O–H groups in total. The Labute approximate surface area is 105 Å². The normalized spacial score (nSPS) is 10.8. The lowest BCUT2D eigenvalue weighted by Crippen LogP contribution is -2.10. The van der Waals surface area contributed by atoms with Gasteiger partial charge in [0.25, 0.3) is 0 Å². The van der Waals surface area contributed by atoms with Crippen molar-refractivity contribution in [3.63, 3.8) is 0 Å². The summed E-state index contributed by atoms with van der Waals surface area (Å²) in [5.41, 5.74) is 2.45. The van der Waals surface area contributed by atoms with E-state index in [4.69, 9.17) is 0 Å². The number of hydrogen-bond donors (Lipinski definition) is 1. The maximum atomic E-state index is 4.48. The molecular weight excluding hydrogens is 226 g/mol. The number of nitrogens with one attached hydrogen (secondary N) is 1. The molecule has 0 saturated heterocycles. The second-order valence-corrected chi connectivity index (χ2v) is 4.24. The molecule has 0 saturated carbocycles. The maximum Gasteiger partial charge on any atom is 0.180 e. The lowest BCUT2D eigenvalue weighted by molar-refractivity contribution is 1.08. The van der Waals surface area contributed by atoms with Gasteiger partial charge in [-0.05, 0) is 24.3 Å². The quantitative estimate of drug-likeness (QED) is 0.744. The Morgan fingerprint density at radius 2 is 1.94 bits per heavy atom. The monoisotopic (exact) mass is 239 g/mol. The Bertz CT molecular complexity index is 672. The van der Waals surface area contributed by atoms with Crippen LogP contribution in [0.25, 0.3) is 22.7 Å². The van der Waals surface area contributed by atoms with E-state index in [9.17, 15) is 0 Å². The third-order valence-electron chi connectivity index (χ3n) is 2.70. The van der Waals surface area contributed by atoms with Gasteiger partial charge in [0, 0.05) is 20.3 Å². The summed E-state index contributed by atoms with van der Waals surface area (Å²) in [7, 11) is 3.92. The van der Waals surface area contributed by atoms with Crippen LogP contribution >= 0.6 is 0 Å². The summed E-state index contributed by atoms with van der Waals surface area (Å²) in [6.07, 6.45) is 1.75. The predicted octanol–water partition coefficient (Wildman–Crippen LogP) is 2.09. The third kappa shape index (κ3) is 1.79. The zero-order valence-corrected chi connectivity index (χ0v) is 10.3. The molecule has 90 valence electrons. The fourth-order valence-electron chi connectivity index (χ4n) is 1.76. The molecule has 0 spiro atoms. The molecule has 0 radical (unpaired) electrons. The molecule has 0 atom stereocenters. The van der Waals surface area contributed by atoms with Crippen molar-refractivity contribution in [3.8, 4) is 11.5 Å². The van der Waals surface area contributed by atoms with Crippen LogP contribution < -0.4 is 4.90 Å². The van der Waals surface area contributed by atoms with E-state index in [0.29, 0.717) is 5.65 Å². The number of hydrogen-bond acceptors (Lipinski definition) is 4. The van der Waals surface area contributed by atoms with E-state index in [2.05, 4.69) is 19.9 Å². The van der Waals surface area contributed by atoms with E-state index in [1.165, 1.54) is 0 Å². The summed E-state index contributed by atoms with van der Waals surface area (Å²) in [4.78, 5) is 18.4. The molecule has 0 bridgehead atoms. The van der Waals surface area contributed by atoms with Crippen molar-refractivity contribution < 1.29 is 0 Å². The number of aromatic amines is 1. The van der Waals surface area contributed by atoms with Crippen molar-refractivity contribution in [2.75, 3.05) is 19.0 Å². The third-order valence-corrected chi connectivity index (χ3v) is 2.70. The second kappa shape index (κ2) is 4.10. The van der Waals surface area contributed by atoms with Crippen LogP contribution in [-0.4, -0.2) is 34.0 Å². The molecule has 0 aliphatic heterocycles. The highest BCUT2D eigenvalue weighted by atomic mass is 15.2. The molecule has 5 nitrogen and oxygen atoms in total. The highest BCUT2D eigenvalue weighted by Gasteiger charge is 2.08. The minimum Gasteiger partial charge on any atom is -0.363 e. The minimum atomic E-state index is 0.710. The van der Waals surface area contributed by atoms with Gasteiger partial charge in [-0.1, -0.05) is 6.07 Å². The largest absolute Gasteiger partial charge is 0.363 e. The minimum absolute atomic E-state index is 0.710. The van der Waals surface area contributed by atoms with Gasteiger partial charge in [0.15, 0.2) is 11.5 Å². The van der Waals surface area contributed by atoms with E-state index in [1.54, 1.807) is 6.20 Å². The Kier molecular flexibility index (Phi) is 2.44. The zero-order valence-electron chi connectivity index (χ0n) is 10.3. The Balaban J connectivity index is 2.11. The topological polar surface area (TPSA) is 57.7 Å². The molecule has 0 aliphatic carbocycles. The Morgan fingerprint density at radius 3 is 2.67 bits per heavy atom. The number of nitrogens with zero attached hydrogens (tertiary/aromatic N) is 4. The van der Waals surface area contributed by atoms with Crippen molar-refractivity contribution in [1.29, 1.82) is 0 Å². The number of anilines is 1. The van der Waals surface area contributed by atoms with Crippen molar-refractivity contribution in [1.82, 2.24) is 19.9 Å². The van der Waals surface area contributed by atoms with Crippen LogP contribution in [0.15, 0.2) is 36.5 Å². The zero-order chi connectivity index (χ0) is 12.5. The molecule has 0 fully saturated rings. The first-order valence-electron chi connectivity index (χ1n) is 5.69. The highest BCUT2D eigenvalue weighted by Crippen LogP contribution is 2.19. The number of rotatable bonds is 2. The van der Waals surface area contributed by atoms with E-state index >= 15 is 0 Å². The van der Waals surface area contributed by atoms with Crippen molar-refractivity contribution >= 4 is 17.0 Å². The Morgan fingerprint density at radius 1 is 1.06 bits per heavy atom. The number of H-pyrrole nitrogens is 1. The van der Waals surface area contributed by atoms with E-state index in [1.807, 2.05) is 49.3 Å². The molecule has 0 amide bonds. The average molecular weight is 239 g/mol. The molecular formula is C13H13N5. The van der Waals surface area contributed by atoms with Crippen molar-refractivity contribution in [2.45, 2.75) is 0 Å². The number of pyridine rings is 2. The fourth-order valence-corrected chi connectivity index (χ4v) is 1.76. The fraction of sp³-hybridized carbons (Fsp3) is 0.154. The first-order valence-corrected chi connectivity index (χ1v) is 5.69. The smallest absolute Gasteiger partial charge is 0.180 e. The molecule has 3 aromatic rings. The summed E-state index contributed by atoms with van der Waals surface area (Å²) in [6, 6.07) is 9.69. The summed E-state index contributed by atoms with van der Waals surface area (Å²) >= 11 is 0. The summed E-state index contributed by atoms with van der Waals surface area (Å²) < 4.78 is 0. The van der Waals surface area contributed by atoms with Gasteiger partial charge >= 0.3 is 0 Å². The molecule has 3 heterocycles. The lowest BCUT2D eigenvalue weighted by atomic mass is 10.3. The van der Waals surface area contributed by atoms with Gasteiger partial charge < -0.3 is 9.88 Å². The molecule has 5 heteroatoms. The molecule has 0 aliphatic rings. The van der Waals surface area contributed by atoms with Crippen LogP contribution in [0.5, 0.6) is 0 Å². The second-order valence-electron chi connectivity index (χ2n) is 4.24. The van der Waals surface area contributed by atoms with Gasteiger partial charge in [-0.3, -0.25) is 4.98 Å². The summed E-state index contributed by atoms with van der Waals surface area (Å²) in [5.74, 6) is 1.63. The number of aromatic nitrogens is 4. The van der Waals surface area contributed by atoms with Crippen LogP contribution in [0.3, 0.4) is 0 Å². The van der Waals surface area contributed by atoms with Crippen LogP contribution in [0.1, 0.15) is 0 Å². The van der Waals surface area contributed by atoms with Gasteiger partial charge in [-0.2, -0.15) is 0 Å². The van der Waals surface area contributed by atoms with Gasteiger partial charge in [-0.25, -0.2) is 9.97 Å². The first-order chi connectivity index (χ1) is 8.74. The van der Waals surface area contributed by atoms with Crippen molar-refractivity contribution in [3.05, 3.63) is 36.5 Å². The molecule has 3 rings (SSSR count).